The lowest BCUT2D eigenvalue weighted by Crippen LogP contribution is -2.47. The Bertz CT molecular complexity index is 655. The van der Waals surface area contributed by atoms with Crippen LogP contribution in [-0.2, 0) is 16.2 Å². The molecule has 0 spiro atoms. The maximum absolute atomic E-state index is 13.3. The smallest absolute Gasteiger partial charge is 0.239 e. The number of amides is 1. The van der Waals surface area contributed by atoms with Crippen molar-refractivity contribution in [1.29, 1.82) is 0 Å². The van der Waals surface area contributed by atoms with Crippen molar-refractivity contribution in [2.24, 2.45) is 5.92 Å². The molecule has 3 fully saturated rings. The zero-order valence-corrected chi connectivity index (χ0v) is 15.4. The Labute approximate surface area is 158 Å². The molecule has 4 N–H and O–H groups in total. The molecule has 0 aromatic heterocycles. The van der Waals surface area contributed by atoms with Crippen molar-refractivity contribution in [2.75, 3.05) is 26.2 Å². The van der Waals surface area contributed by atoms with E-state index in [1.165, 1.54) is 12.1 Å². The fraction of sp³-hybridized carbons (Fsp3) is 0.632. The molecular weight excluding hydrogens is 349 g/mol. The molecular formula is C19H28FN5O2. The SMILES string of the molecule is O=C(NC1CNN(Cc2cccc(F)c2)C1)C1CC(C2CCNCC2)ON1. The molecule has 3 aliphatic rings. The highest BCUT2D eigenvalue weighted by Crippen LogP contribution is 2.25. The van der Waals surface area contributed by atoms with Crippen molar-refractivity contribution in [3.63, 3.8) is 0 Å². The van der Waals surface area contributed by atoms with Gasteiger partial charge in [-0.15, -0.1) is 0 Å². The van der Waals surface area contributed by atoms with Gasteiger partial charge in [0, 0.05) is 26.1 Å². The highest BCUT2D eigenvalue weighted by atomic mass is 19.1. The second-order valence-electron chi connectivity index (χ2n) is 7.73. The van der Waals surface area contributed by atoms with Crippen LogP contribution < -0.4 is 21.5 Å². The van der Waals surface area contributed by atoms with Crippen molar-refractivity contribution in [3.05, 3.63) is 35.6 Å². The molecule has 7 nitrogen and oxygen atoms in total. The van der Waals surface area contributed by atoms with Crippen molar-refractivity contribution in [1.82, 2.24) is 26.5 Å². The Morgan fingerprint density at radius 2 is 2.19 bits per heavy atom. The third-order valence-electron chi connectivity index (χ3n) is 5.67. The van der Waals surface area contributed by atoms with E-state index in [1.807, 2.05) is 11.1 Å². The summed E-state index contributed by atoms with van der Waals surface area (Å²) in [5.74, 6) is 0.282. The van der Waals surface area contributed by atoms with Gasteiger partial charge in [0.2, 0.25) is 5.91 Å². The van der Waals surface area contributed by atoms with Crippen molar-refractivity contribution >= 4 is 5.91 Å². The lowest BCUT2D eigenvalue weighted by Gasteiger charge is -2.26. The van der Waals surface area contributed by atoms with Gasteiger partial charge in [-0.1, -0.05) is 12.1 Å². The molecule has 0 radical (unpaired) electrons. The fourth-order valence-electron chi connectivity index (χ4n) is 4.17. The van der Waals surface area contributed by atoms with E-state index in [2.05, 4.69) is 21.5 Å². The summed E-state index contributed by atoms with van der Waals surface area (Å²) in [7, 11) is 0. The van der Waals surface area contributed by atoms with Gasteiger partial charge in [-0.25, -0.2) is 9.40 Å². The second-order valence-corrected chi connectivity index (χ2v) is 7.73. The zero-order chi connectivity index (χ0) is 18.6. The minimum absolute atomic E-state index is 0.00848. The van der Waals surface area contributed by atoms with Crippen LogP contribution in [0.4, 0.5) is 4.39 Å². The molecule has 0 saturated carbocycles. The predicted octanol–water partition coefficient (Wildman–Crippen LogP) is 0.292. The van der Waals surface area contributed by atoms with Gasteiger partial charge in [0.25, 0.3) is 0 Å². The minimum atomic E-state index is -0.290. The number of halogens is 1. The highest BCUT2D eigenvalue weighted by molar-refractivity contribution is 5.82. The van der Waals surface area contributed by atoms with Gasteiger partial charge in [-0.3, -0.25) is 15.1 Å². The largest absolute Gasteiger partial charge is 0.349 e. The number of hydrogen-bond acceptors (Lipinski definition) is 6. The van der Waals surface area contributed by atoms with E-state index < -0.39 is 0 Å². The summed E-state index contributed by atoms with van der Waals surface area (Å²) >= 11 is 0. The van der Waals surface area contributed by atoms with E-state index in [1.54, 1.807) is 6.07 Å². The normalized spacial score (nSPS) is 29.9. The summed E-state index contributed by atoms with van der Waals surface area (Å²) < 4.78 is 13.3. The molecule has 0 aliphatic carbocycles. The standard InChI is InChI=1S/C19H28FN5O2/c20-15-3-1-2-13(8-15)11-25-12-16(10-22-25)23-19(26)17-9-18(27-24-17)14-4-6-21-7-5-14/h1-3,8,14,16-18,21-22,24H,4-7,9-12H2,(H,23,26). The fourth-order valence-corrected chi connectivity index (χ4v) is 4.17. The summed E-state index contributed by atoms with van der Waals surface area (Å²) in [5.41, 5.74) is 7.10. The van der Waals surface area contributed by atoms with E-state index in [4.69, 9.17) is 4.84 Å². The van der Waals surface area contributed by atoms with Crippen LogP contribution in [0.2, 0.25) is 0 Å². The molecule has 3 aliphatic heterocycles. The Balaban J connectivity index is 1.22. The van der Waals surface area contributed by atoms with Crippen molar-refractivity contribution in [3.8, 4) is 0 Å². The monoisotopic (exact) mass is 377 g/mol. The van der Waals surface area contributed by atoms with Gasteiger partial charge >= 0.3 is 0 Å². The molecule has 1 aromatic rings. The molecule has 4 rings (SSSR count). The summed E-state index contributed by atoms with van der Waals surface area (Å²) in [6.07, 6.45) is 3.04. The van der Waals surface area contributed by atoms with Gasteiger partial charge < -0.3 is 10.6 Å². The Morgan fingerprint density at radius 1 is 1.33 bits per heavy atom. The van der Waals surface area contributed by atoms with Crippen LogP contribution in [0.25, 0.3) is 0 Å². The van der Waals surface area contributed by atoms with Crippen LogP contribution in [-0.4, -0.2) is 55.3 Å². The third kappa shape index (κ3) is 4.83. The van der Waals surface area contributed by atoms with Gasteiger partial charge in [0.15, 0.2) is 0 Å². The van der Waals surface area contributed by atoms with Gasteiger partial charge in [-0.05, 0) is 49.5 Å². The van der Waals surface area contributed by atoms with E-state index in [-0.39, 0.29) is 29.9 Å². The number of hydrogen-bond donors (Lipinski definition) is 4. The van der Waals surface area contributed by atoms with Gasteiger partial charge in [0.1, 0.15) is 11.9 Å². The average molecular weight is 377 g/mol. The molecule has 148 valence electrons. The van der Waals surface area contributed by atoms with E-state index >= 15 is 0 Å². The molecule has 3 unspecified atom stereocenters. The van der Waals surface area contributed by atoms with Crippen LogP contribution in [0.15, 0.2) is 24.3 Å². The summed E-state index contributed by atoms with van der Waals surface area (Å²) in [4.78, 5) is 18.3. The van der Waals surface area contributed by atoms with Gasteiger partial charge in [0.05, 0.1) is 12.1 Å². The van der Waals surface area contributed by atoms with Gasteiger partial charge in [-0.2, -0.15) is 5.48 Å². The molecule has 3 heterocycles. The summed E-state index contributed by atoms with van der Waals surface area (Å²) in [6, 6.07) is 6.33. The predicted molar refractivity (Wildman–Crippen MR) is 98.8 cm³/mol. The molecule has 1 amide bonds. The minimum Gasteiger partial charge on any atom is -0.349 e. The summed E-state index contributed by atoms with van der Waals surface area (Å²) in [6.45, 7) is 4.01. The third-order valence-corrected chi connectivity index (χ3v) is 5.67. The van der Waals surface area contributed by atoms with Crippen LogP contribution in [0, 0.1) is 11.7 Å². The molecule has 0 bridgehead atoms. The van der Waals surface area contributed by atoms with Crippen LogP contribution in [0.1, 0.15) is 24.8 Å². The maximum Gasteiger partial charge on any atom is 0.239 e. The van der Waals surface area contributed by atoms with Crippen molar-refractivity contribution < 1.29 is 14.0 Å². The van der Waals surface area contributed by atoms with Crippen LogP contribution in [0.5, 0.6) is 0 Å². The molecule has 3 atom stereocenters. The highest BCUT2D eigenvalue weighted by Gasteiger charge is 2.37. The Morgan fingerprint density at radius 3 is 3.00 bits per heavy atom. The van der Waals surface area contributed by atoms with Crippen molar-refractivity contribution in [2.45, 2.75) is 44.0 Å². The van der Waals surface area contributed by atoms with Crippen LogP contribution >= 0.6 is 0 Å². The molecule has 3 saturated heterocycles. The molecule has 8 heteroatoms. The number of nitrogens with one attached hydrogen (secondary N) is 4. The Hall–Kier alpha value is -1.58. The number of piperidine rings is 1. The van der Waals surface area contributed by atoms with E-state index in [9.17, 15) is 9.18 Å². The van der Waals surface area contributed by atoms with E-state index in [0.29, 0.717) is 25.6 Å². The molecule has 1 aromatic carbocycles. The first kappa shape index (κ1) is 18.8. The number of benzene rings is 1. The first-order valence-corrected chi connectivity index (χ1v) is 9.82. The lowest BCUT2D eigenvalue weighted by atomic mass is 9.89. The number of carbonyl (C=O) groups excluding carboxylic acids is 1. The number of carbonyl (C=O) groups is 1. The number of nitrogens with zero attached hydrogens (tertiary/aromatic N) is 1. The summed E-state index contributed by atoms with van der Waals surface area (Å²) in [5, 5.41) is 8.47. The number of hydroxylamine groups is 1. The molecule has 27 heavy (non-hydrogen) atoms. The number of hydrazine groups is 1. The zero-order valence-electron chi connectivity index (χ0n) is 15.4. The quantitative estimate of drug-likeness (QED) is 0.591. The lowest BCUT2D eigenvalue weighted by molar-refractivity contribution is -0.125. The maximum atomic E-state index is 13.3. The topological polar surface area (TPSA) is 77.7 Å². The number of rotatable bonds is 5. The first-order valence-electron chi connectivity index (χ1n) is 9.82. The first-order chi connectivity index (χ1) is 13.2. The average Bonchev–Trinajstić information content (AvgIpc) is 3.32. The van der Waals surface area contributed by atoms with E-state index in [0.717, 1.165) is 37.9 Å². The Kier molecular flexibility index (Phi) is 5.99. The second kappa shape index (κ2) is 8.62. The van der Waals surface area contributed by atoms with Crippen LogP contribution in [0.3, 0.4) is 0 Å².